The van der Waals surface area contributed by atoms with Gasteiger partial charge in [0.1, 0.15) is 17.4 Å². The molecule has 1 atom stereocenters. The molecule has 2 amide bonds. The number of carbonyl (C=O) groups is 2. The second-order valence-corrected chi connectivity index (χ2v) is 11.2. The Balaban J connectivity index is 1.42. The Kier molecular flexibility index (Phi) is 8.68. The highest BCUT2D eigenvalue weighted by Crippen LogP contribution is 2.26. The van der Waals surface area contributed by atoms with Gasteiger partial charge < -0.3 is 20.2 Å². The zero-order chi connectivity index (χ0) is 28.0. The van der Waals surface area contributed by atoms with Crippen molar-refractivity contribution in [2.75, 3.05) is 16.4 Å². The maximum absolute atomic E-state index is 12.3. The van der Waals surface area contributed by atoms with Crippen LogP contribution in [0.15, 0.2) is 77.2 Å². The Labute approximate surface area is 227 Å². The second kappa shape index (κ2) is 12.1. The molecule has 1 heterocycles. The van der Waals surface area contributed by atoms with Crippen LogP contribution in [0.4, 0.5) is 16.2 Å². The summed E-state index contributed by atoms with van der Waals surface area (Å²) >= 11 is 0. The van der Waals surface area contributed by atoms with Crippen LogP contribution in [0.3, 0.4) is 0 Å². The molecule has 4 N–H and O–H groups in total. The summed E-state index contributed by atoms with van der Waals surface area (Å²) < 4.78 is 32.9. The molecule has 0 fully saturated rings. The van der Waals surface area contributed by atoms with Crippen LogP contribution < -0.4 is 15.4 Å². The van der Waals surface area contributed by atoms with E-state index in [4.69, 9.17) is 4.42 Å². The first-order valence-electron chi connectivity index (χ1n) is 12.6. The number of urea groups is 1. The van der Waals surface area contributed by atoms with E-state index >= 15 is 0 Å². The molecule has 0 spiro atoms. The summed E-state index contributed by atoms with van der Waals surface area (Å²) in [4.78, 5) is 24.2. The Morgan fingerprint density at radius 3 is 2.41 bits per heavy atom. The molecular weight excluding hydrogens is 518 g/mol. The topological polar surface area (TPSA) is 138 Å². The molecular formula is C29H31N3O6S. The van der Waals surface area contributed by atoms with E-state index in [1.165, 1.54) is 0 Å². The van der Waals surface area contributed by atoms with E-state index in [0.717, 1.165) is 22.2 Å². The highest BCUT2D eigenvalue weighted by atomic mass is 32.2. The van der Waals surface area contributed by atoms with Crippen LogP contribution in [0.2, 0.25) is 0 Å². The van der Waals surface area contributed by atoms with Crippen molar-refractivity contribution in [3.63, 3.8) is 0 Å². The number of sulfonamides is 1. The largest absolute Gasteiger partial charge is 0.480 e. The molecule has 3 aromatic carbocycles. The SMILES string of the molecule is CCCCS(=O)(=O)NC(C(=O)O)c1ccc2cc(Cc3ccc(NC(=O)Nc4ccccc4C)cc3)oc2c1. The number of rotatable bonds is 11. The van der Waals surface area contributed by atoms with E-state index in [-0.39, 0.29) is 17.3 Å². The molecule has 9 nitrogen and oxygen atoms in total. The van der Waals surface area contributed by atoms with Gasteiger partial charge in [0.05, 0.1) is 5.75 Å². The zero-order valence-electron chi connectivity index (χ0n) is 21.7. The minimum Gasteiger partial charge on any atom is -0.480 e. The third kappa shape index (κ3) is 7.46. The van der Waals surface area contributed by atoms with Gasteiger partial charge in [-0.1, -0.05) is 55.8 Å². The van der Waals surface area contributed by atoms with E-state index < -0.39 is 22.0 Å². The molecule has 0 saturated carbocycles. The summed E-state index contributed by atoms with van der Waals surface area (Å²) in [7, 11) is -3.75. The van der Waals surface area contributed by atoms with Crippen LogP contribution in [-0.4, -0.2) is 31.3 Å². The number of carboxylic acids is 1. The fourth-order valence-corrected chi connectivity index (χ4v) is 5.49. The van der Waals surface area contributed by atoms with Crippen molar-refractivity contribution in [1.29, 1.82) is 0 Å². The van der Waals surface area contributed by atoms with Crippen LogP contribution in [0.25, 0.3) is 11.0 Å². The molecule has 0 saturated heterocycles. The smallest absolute Gasteiger partial charge is 0.326 e. The standard InChI is InChI=1S/C29H31N3O6S/c1-3-4-15-39(36,37)32-27(28(33)34)22-12-11-21-17-24(38-26(21)18-22)16-20-9-13-23(14-10-20)30-29(35)31-25-8-6-5-7-19(25)2/h5-14,17-18,27,32H,3-4,15-16H2,1-2H3,(H,33,34)(H2,30,31,35). The molecule has 1 aromatic heterocycles. The van der Waals surface area contributed by atoms with Crippen molar-refractivity contribution in [2.45, 2.75) is 39.2 Å². The normalized spacial score (nSPS) is 12.3. The van der Waals surface area contributed by atoms with Crippen LogP contribution in [0.5, 0.6) is 0 Å². The summed E-state index contributed by atoms with van der Waals surface area (Å²) in [5, 5.41) is 16.1. The number of amides is 2. The van der Waals surface area contributed by atoms with Gasteiger partial charge >= 0.3 is 12.0 Å². The number of benzene rings is 3. The number of aliphatic carboxylic acids is 1. The number of hydrogen-bond donors (Lipinski definition) is 4. The molecule has 39 heavy (non-hydrogen) atoms. The summed E-state index contributed by atoms with van der Waals surface area (Å²) in [5.41, 5.74) is 4.05. The maximum Gasteiger partial charge on any atom is 0.326 e. The number of fused-ring (bicyclic) bond motifs is 1. The van der Waals surface area contributed by atoms with Gasteiger partial charge in [0.25, 0.3) is 0 Å². The Bertz CT molecular complexity index is 1580. The molecule has 10 heteroatoms. The number of aryl methyl sites for hydroxylation is 1. The molecule has 0 aliphatic carbocycles. The van der Waals surface area contributed by atoms with Crippen LogP contribution in [0.1, 0.15) is 48.3 Å². The van der Waals surface area contributed by atoms with Gasteiger partial charge in [-0.15, -0.1) is 0 Å². The first kappa shape index (κ1) is 27.9. The molecule has 1 unspecified atom stereocenters. The van der Waals surface area contributed by atoms with Gasteiger partial charge in [-0.3, -0.25) is 4.79 Å². The third-order valence-electron chi connectivity index (χ3n) is 6.22. The van der Waals surface area contributed by atoms with E-state index in [1.807, 2.05) is 56.3 Å². The van der Waals surface area contributed by atoms with Gasteiger partial charge in [0.2, 0.25) is 10.0 Å². The predicted octanol–water partition coefficient (Wildman–Crippen LogP) is 5.82. The molecule has 0 aliphatic heterocycles. The molecule has 4 rings (SSSR count). The van der Waals surface area contributed by atoms with E-state index in [1.54, 1.807) is 30.3 Å². The van der Waals surface area contributed by atoms with Crippen molar-refractivity contribution in [2.24, 2.45) is 0 Å². The first-order valence-corrected chi connectivity index (χ1v) is 14.3. The van der Waals surface area contributed by atoms with E-state index in [9.17, 15) is 23.1 Å². The number of carbonyl (C=O) groups excluding carboxylic acids is 1. The quantitative estimate of drug-likeness (QED) is 0.186. The lowest BCUT2D eigenvalue weighted by molar-refractivity contribution is -0.139. The summed E-state index contributed by atoms with van der Waals surface area (Å²) in [6.45, 7) is 3.79. The summed E-state index contributed by atoms with van der Waals surface area (Å²) in [5.74, 6) is -0.760. The molecule has 0 radical (unpaired) electrons. The molecule has 4 aromatic rings. The number of carboxylic acid groups (broad SMARTS) is 1. The molecule has 0 aliphatic rings. The lowest BCUT2D eigenvalue weighted by atomic mass is 10.1. The summed E-state index contributed by atoms with van der Waals surface area (Å²) in [6, 6.07) is 19.9. The number of furan rings is 1. The molecule has 0 bridgehead atoms. The van der Waals surface area contributed by atoms with Crippen molar-refractivity contribution < 1.29 is 27.5 Å². The van der Waals surface area contributed by atoms with Gasteiger partial charge in [-0.05, 0) is 60.4 Å². The number of unbranched alkanes of at least 4 members (excludes halogenated alkanes) is 1. The van der Waals surface area contributed by atoms with E-state index in [2.05, 4.69) is 15.4 Å². The van der Waals surface area contributed by atoms with Crippen LogP contribution in [0, 0.1) is 6.92 Å². The monoisotopic (exact) mass is 549 g/mol. The van der Waals surface area contributed by atoms with Gasteiger partial charge in [0.15, 0.2) is 0 Å². The lowest BCUT2D eigenvalue weighted by Crippen LogP contribution is -2.35. The highest BCUT2D eigenvalue weighted by molar-refractivity contribution is 7.89. The van der Waals surface area contributed by atoms with Crippen molar-refractivity contribution in [1.82, 2.24) is 4.72 Å². The fourth-order valence-electron chi connectivity index (χ4n) is 4.11. The highest BCUT2D eigenvalue weighted by Gasteiger charge is 2.26. The Hall–Kier alpha value is -4.15. The Morgan fingerprint density at radius 1 is 0.974 bits per heavy atom. The van der Waals surface area contributed by atoms with Crippen LogP contribution >= 0.6 is 0 Å². The van der Waals surface area contributed by atoms with E-state index in [0.29, 0.717) is 36.3 Å². The van der Waals surface area contributed by atoms with Crippen molar-refractivity contribution >= 4 is 44.4 Å². The number of para-hydroxylation sites is 1. The number of anilines is 2. The second-order valence-electron chi connectivity index (χ2n) is 9.34. The zero-order valence-corrected chi connectivity index (χ0v) is 22.5. The Morgan fingerprint density at radius 2 is 1.72 bits per heavy atom. The lowest BCUT2D eigenvalue weighted by Gasteiger charge is -2.15. The number of hydrogen-bond acceptors (Lipinski definition) is 5. The fraction of sp³-hybridized carbons (Fsp3) is 0.241. The third-order valence-corrected chi connectivity index (χ3v) is 7.64. The number of nitrogens with one attached hydrogen (secondary N) is 3. The van der Waals surface area contributed by atoms with Crippen LogP contribution in [-0.2, 0) is 21.2 Å². The minimum atomic E-state index is -3.75. The first-order chi connectivity index (χ1) is 18.6. The van der Waals surface area contributed by atoms with Crippen molar-refractivity contribution in [3.8, 4) is 0 Å². The average Bonchev–Trinajstić information content (AvgIpc) is 3.30. The predicted molar refractivity (Wildman–Crippen MR) is 151 cm³/mol. The van der Waals surface area contributed by atoms with Gasteiger partial charge in [-0.2, -0.15) is 4.72 Å². The molecule has 204 valence electrons. The van der Waals surface area contributed by atoms with Crippen molar-refractivity contribution in [3.05, 3.63) is 95.2 Å². The van der Waals surface area contributed by atoms with Gasteiger partial charge in [-0.25, -0.2) is 13.2 Å². The minimum absolute atomic E-state index is 0.133. The summed E-state index contributed by atoms with van der Waals surface area (Å²) in [6.07, 6.45) is 1.61. The average molecular weight is 550 g/mol. The maximum atomic E-state index is 12.3. The van der Waals surface area contributed by atoms with Gasteiger partial charge in [0, 0.05) is 23.2 Å².